The van der Waals surface area contributed by atoms with Crippen LogP contribution in [0, 0.1) is 5.41 Å². The highest BCUT2D eigenvalue weighted by atomic mass is 32.2. The molecule has 1 saturated heterocycles. The van der Waals surface area contributed by atoms with Crippen LogP contribution in [0.25, 0.3) is 0 Å². The summed E-state index contributed by atoms with van der Waals surface area (Å²) in [6, 6.07) is 0.892. The second-order valence-electron chi connectivity index (χ2n) is 6.99. The number of carbonyl (C=O) groups is 1. The van der Waals surface area contributed by atoms with Crippen LogP contribution in [0.1, 0.15) is 33.1 Å². The molecule has 116 valence electrons. The Morgan fingerprint density at radius 2 is 2.29 bits per heavy atom. The average molecular weight is 308 g/mol. The van der Waals surface area contributed by atoms with Gasteiger partial charge in [0, 0.05) is 24.0 Å². The molecule has 0 radical (unpaired) electrons. The van der Waals surface area contributed by atoms with Gasteiger partial charge in [-0.25, -0.2) is 0 Å². The lowest BCUT2D eigenvalue weighted by Gasteiger charge is -2.35. The molecule has 1 aliphatic carbocycles. The van der Waals surface area contributed by atoms with Crippen LogP contribution in [-0.4, -0.2) is 39.3 Å². The van der Waals surface area contributed by atoms with Crippen LogP contribution in [0.3, 0.4) is 0 Å². The summed E-state index contributed by atoms with van der Waals surface area (Å²) in [7, 11) is 0. The standard InChI is InChI=1S/C15H24N4OS/c1-15(2)5-12(9-21-10-15)17-13-6-16-19(7-13)8-14(20)18-11-3-4-11/h6-7,11-12,17H,3-5,8-10H2,1-2H3,(H,18,20). The fourth-order valence-corrected chi connectivity index (χ4v) is 4.04. The van der Waals surface area contributed by atoms with E-state index in [0.29, 0.717) is 24.0 Å². The SMILES string of the molecule is CC1(C)CSCC(Nc2cnn(CC(=O)NC3CC3)c2)C1. The quantitative estimate of drug-likeness (QED) is 0.874. The minimum absolute atomic E-state index is 0.0569. The van der Waals surface area contributed by atoms with Crippen molar-refractivity contribution in [3.8, 4) is 0 Å². The van der Waals surface area contributed by atoms with E-state index in [1.54, 1.807) is 4.68 Å². The van der Waals surface area contributed by atoms with Crippen LogP contribution in [0.15, 0.2) is 12.4 Å². The smallest absolute Gasteiger partial charge is 0.241 e. The third kappa shape index (κ3) is 4.40. The summed E-state index contributed by atoms with van der Waals surface area (Å²) >= 11 is 2.01. The van der Waals surface area contributed by atoms with Crippen molar-refractivity contribution >= 4 is 23.4 Å². The van der Waals surface area contributed by atoms with E-state index in [1.807, 2.05) is 24.2 Å². The van der Waals surface area contributed by atoms with Crippen molar-refractivity contribution in [1.82, 2.24) is 15.1 Å². The van der Waals surface area contributed by atoms with Crippen molar-refractivity contribution in [2.24, 2.45) is 5.41 Å². The molecule has 0 aromatic carbocycles. The number of hydrogen-bond acceptors (Lipinski definition) is 4. The first-order valence-electron chi connectivity index (χ1n) is 7.66. The number of rotatable bonds is 5. The van der Waals surface area contributed by atoms with Crippen LogP contribution < -0.4 is 10.6 Å². The molecule has 2 N–H and O–H groups in total. The van der Waals surface area contributed by atoms with Crippen LogP contribution in [0.2, 0.25) is 0 Å². The molecule has 0 spiro atoms. The van der Waals surface area contributed by atoms with Crippen LogP contribution in [0.5, 0.6) is 0 Å². The average Bonchev–Trinajstić information content (AvgIpc) is 3.08. The summed E-state index contributed by atoms with van der Waals surface area (Å²) < 4.78 is 1.71. The van der Waals surface area contributed by atoms with Gasteiger partial charge in [-0.15, -0.1) is 0 Å². The van der Waals surface area contributed by atoms with E-state index in [4.69, 9.17) is 0 Å². The molecule has 1 aromatic heterocycles. The lowest BCUT2D eigenvalue weighted by Crippen LogP contribution is -2.35. The fraction of sp³-hybridized carbons (Fsp3) is 0.733. The lowest BCUT2D eigenvalue weighted by atomic mass is 9.88. The maximum absolute atomic E-state index is 11.8. The molecule has 1 amide bonds. The summed E-state index contributed by atoms with van der Waals surface area (Å²) in [5.41, 5.74) is 1.40. The topological polar surface area (TPSA) is 59.0 Å². The molecule has 1 aliphatic heterocycles. The minimum atomic E-state index is 0.0569. The molecule has 3 rings (SSSR count). The Bertz CT molecular complexity index is 510. The predicted molar refractivity (Wildman–Crippen MR) is 86.5 cm³/mol. The van der Waals surface area contributed by atoms with Gasteiger partial charge in [0.2, 0.25) is 5.91 Å². The Labute approximate surface area is 130 Å². The highest BCUT2D eigenvalue weighted by molar-refractivity contribution is 7.99. The number of amides is 1. The van der Waals surface area contributed by atoms with Gasteiger partial charge < -0.3 is 10.6 Å². The van der Waals surface area contributed by atoms with Crippen LogP contribution in [0.4, 0.5) is 5.69 Å². The summed E-state index contributed by atoms with van der Waals surface area (Å²) in [5, 5.41) is 10.8. The third-order valence-corrected chi connectivity index (χ3v) is 5.49. The van der Waals surface area contributed by atoms with Gasteiger partial charge in [0.1, 0.15) is 6.54 Å². The van der Waals surface area contributed by atoms with Gasteiger partial charge in [-0.1, -0.05) is 13.8 Å². The number of aromatic nitrogens is 2. The number of carbonyl (C=O) groups excluding carboxylic acids is 1. The molecule has 2 aliphatic rings. The molecule has 2 heterocycles. The Balaban J connectivity index is 1.51. The zero-order valence-corrected chi connectivity index (χ0v) is 13.6. The first-order valence-corrected chi connectivity index (χ1v) is 8.82. The summed E-state index contributed by atoms with van der Waals surface area (Å²) in [4.78, 5) is 11.8. The van der Waals surface area contributed by atoms with Crippen LogP contribution >= 0.6 is 11.8 Å². The summed E-state index contributed by atoms with van der Waals surface area (Å²) in [6.45, 7) is 4.95. The number of anilines is 1. The number of hydrogen-bond donors (Lipinski definition) is 2. The van der Waals surface area contributed by atoms with Gasteiger partial charge in [0.05, 0.1) is 11.9 Å². The normalized spacial score (nSPS) is 24.6. The molecule has 1 atom stereocenters. The van der Waals surface area contributed by atoms with E-state index < -0.39 is 0 Å². The molecule has 0 bridgehead atoms. The summed E-state index contributed by atoms with van der Waals surface area (Å²) in [5.74, 6) is 2.42. The molecule has 21 heavy (non-hydrogen) atoms. The molecule has 1 saturated carbocycles. The van der Waals surface area contributed by atoms with Gasteiger partial charge in [-0.2, -0.15) is 16.9 Å². The van der Waals surface area contributed by atoms with E-state index >= 15 is 0 Å². The molecular formula is C15H24N4OS. The molecule has 1 unspecified atom stereocenters. The lowest BCUT2D eigenvalue weighted by molar-refractivity contribution is -0.122. The van der Waals surface area contributed by atoms with E-state index in [1.165, 1.54) is 12.2 Å². The molecular weight excluding hydrogens is 284 g/mol. The van der Waals surface area contributed by atoms with E-state index in [0.717, 1.165) is 24.3 Å². The van der Waals surface area contributed by atoms with Crippen molar-refractivity contribution in [2.45, 2.75) is 51.7 Å². The van der Waals surface area contributed by atoms with E-state index in [-0.39, 0.29) is 5.91 Å². The molecule has 2 fully saturated rings. The highest BCUT2D eigenvalue weighted by Crippen LogP contribution is 2.34. The number of nitrogens with zero attached hydrogens (tertiary/aromatic N) is 2. The van der Waals surface area contributed by atoms with Gasteiger partial charge in [0.15, 0.2) is 0 Å². The predicted octanol–water partition coefficient (Wildman–Crippen LogP) is 2.11. The zero-order valence-electron chi connectivity index (χ0n) is 12.8. The van der Waals surface area contributed by atoms with Crippen molar-refractivity contribution in [2.75, 3.05) is 16.8 Å². The zero-order chi connectivity index (χ0) is 14.9. The Kier molecular flexibility index (Phi) is 4.15. The number of nitrogens with one attached hydrogen (secondary N) is 2. The second-order valence-corrected chi connectivity index (χ2v) is 8.02. The second kappa shape index (κ2) is 5.91. The first kappa shape index (κ1) is 14.8. The highest BCUT2D eigenvalue weighted by Gasteiger charge is 2.28. The number of thioether (sulfide) groups is 1. The fourth-order valence-electron chi connectivity index (χ4n) is 2.76. The monoisotopic (exact) mass is 308 g/mol. The van der Waals surface area contributed by atoms with Gasteiger partial charge in [-0.3, -0.25) is 9.48 Å². The summed E-state index contributed by atoms with van der Waals surface area (Å²) in [6.07, 6.45) is 7.16. The Hall–Kier alpha value is -1.17. The maximum Gasteiger partial charge on any atom is 0.241 e. The molecule has 6 heteroatoms. The van der Waals surface area contributed by atoms with E-state index in [9.17, 15) is 4.79 Å². The van der Waals surface area contributed by atoms with Gasteiger partial charge in [0.25, 0.3) is 0 Å². The first-order chi connectivity index (χ1) is 10.00. The van der Waals surface area contributed by atoms with Gasteiger partial charge >= 0.3 is 0 Å². The largest absolute Gasteiger partial charge is 0.379 e. The van der Waals surface area contributed by atoms with Crippen LogP contribution in [-0.2, 0) is 11.3 Å². The molecule has 1 aromatic rings. The van der Waals surface area contributed by atoms with Crippen molar-refractivity contribution in [3.05, 3.63) is 12.4 Å². The Morgan fingerprint density at radius 3 is 3.00 bits per heavy atom. The van der Waals surface area contributed by atoms with Crippen molar-refractivity contribution < 1.29 is 4.79 Å². The Morgan fingerprint density at radius 1 is 1.48 bits per heavy atom. The maximum atomic E-state index is 11.8. The third-order valence-electron chi connectivity index (χ3n) is 3.86. The minimum Gasteiger partial charge on any atom is -0.379 e. The van der Waals surface area contributed by atoms with Gasteiger partial charge in [-0.05, 0) is 30.4 Å². The van der Waals surface area contributed by atoms with Crippen molar-refractivity contribution in [1.29, 1.82) is 0 Å². The molecule has 5 nitrogen and oxygen atoms in total. The van der Waals surface area contributed by atoms with Crippen molar-refractivity contribution in [3.63, 3.8) is 0 Å². The van der Waals surface area contributed by atoms with E-state index in [2.05, 4.69) is 29.6 Å².